The normalized spacial score (nSPS) is 11.0. The quantitative estimate of drug-likeness (QED) is 0.753. The second-order valence-corrected chi connectivity index (χ2v) is 6.69. The minimum absolute atomic E-state index is 0.118. The molecule has 0 unspecified atom stereocenters. The predicted molar refractivity (Wildman–Crippen MR) is 87.2 cm³/mol. The van der Waals surface area contributed by atoms with Crippen LogP contribution in [-0.4, -0.2) is 20.5 Å². The van der Waals surface area contributed by atoms with Gasteiger partial charge in [-0.05, 0) is 44.5 Å². The Morgan fingerprint density at radius 3 is 2.71 bits per heavy atom. The highest BCUT2D eigenvalue weighted by molar-refractivity contribution is 9.10. The number of aromatic nitrogens is 3. The topological polar surface area (TPSA) is 59.3 Å². The van der Waals surface area contributed by atoms with Gasteiger partial charge >= 0.3 is 0 Å². The number of fused-ring (bicyclic) bond motifs is 1. The Balaban J connectivity index is 1.95. The summed E-state index contributed by atoms with van der Waals surface area (Å²) in [6.45, 7) is 5.74. The maximum absolute atomic E-state index is 12.5. The van der Waals surface area contributed by atoms with Gasteiger partial charge in [0.15, 0.2) is 0 Å². The molecule has 21 heavy (non-hydrogen) atoms. The largest absolute Gasteiger partial charge is 0.321 e. The summed E-state index contributed by atoms with van der Waals surface area (Å²) in [7, 11) is 0. The number of carbonyl (C=O) groups is 1. The van der Waals surface area contributed by atoms with Crippen molar-refractivity contribution in [2.24, 2.45) is 0 Å². The Morgan fingerprint density at radius 2 is 2.05 bits per heavy atom. The van der Waals surface area contributed by atoms with E-state index >= 15 is 0 Å². The third-order valence-electron chi connectivity index (χ3n) is 3.30. The summed E-state index contributed by atoms with van der Waals surface area (Å²) in [6, 6.07) is 5.76. The van der Waals surface area contributed by atoms with Crippen molar-refractivity contribution in [1.82, 2.24) is 14.6 Å². The number of hydrogen-bond donors (Lipinski definition) is 1. The van der Waals surface area contributed by atoms with E-state index in [1.807, 2.05) is 43.4 Å². The fourth-order valence-electron chi connectivity index (χ4n) is 2.22. The molecule has 0 radical (unpaired) electrons. The molecule has 0 aliphatic heterocycles. The summed E-state index contributed by atoms with van der Waals surface area (Å²) >= 11 is 4.77. The molecule has 0 saturated heterocycles. The van der Waals surface area contributed by atoms with Crippen LogP contribution in [0.2, 0.25) is 0 Å². The number of amides is 1. The lowest BCUT2D eigenvalue weighted by Gasteiger charge is -2.08. The molecule has 1 aromatic carbocycles. The second kappa shape index (κ2) is 5.23. The molecule has 0 aliphatic rings. The third kappa shape index (κ3) is 2.47. The molecule has 0 saturated carbocycles. The van der Waals surface area contributed by atoms with Crippen molar-refractivity contribution in [3.63, 3.8) is 0 Å². The van der Waals surface area contributed by atoms with E-state index in [9.17, 15) is 4.79 Å². The molecular weight excluding hydrogens is 352 g/mol. The maximum Gasteiger partial charge on any atom is 0.267 e. The van der Waals surface area contributed by atoms with Gasteiger partial charge < -0.3 is 5.32 Å². The molecule has 2 heterocycles. The van der Waals surface area contributed by atoms with Gasteiger partial charge in [-0.1, -0.05) is 27.3 Å². The van der Waals surface area contributed by atoms with Gasteiger partial charge in [-0.25, -0.2) is 0 Å². The van der Waals surface area contributed by atoms with Gasteiger partial charge in [0.25, 0.3) is 5.91 Å². The van der Waals surface area contributed by atoms with Crippen molar-refractivity contribution in [2.45, 2.75) is 20.8 Å². The molecule has 1 amide bonds. The van der Waals surface area contributed by atoms with E-state index in [0.717, 1.165) is 32.2 Å². The summed E-state index contributed by atoms with van der Waals surface area (Å²) in [5.74, 6) is 0.672. The highest BCUT2D eigenvalue weighted by Crippen LogP contribution is 2.25. The van der Waals surface area contributed by atoms with Crippen LogP contribution in [0.3, 0.4) is 0 Å². The van der Waals surface area contributed by atoms with E-state index < -0.39 is 0 Å². The van der Waals surface area contributed by atoms with Gasteiger partial charge in [-0.2, -0.15) is 0 Å². The van der Waals surface area contributed by atoms with Gasteiger partial charge in [-0.3, -0.25) is 9.20 Å². The van der Waals surface area contributed by atoms with Crippen molar-refractivity contribution < 1.29 is 4.79 Å². The Kier molecular flexibility index (Phi) is 3.54. The van der Waals surface area contributed by atoms with Crippen LogP contribution < -0.4 is 5.32 Å². The fraction of sp³-hybridized carbons (Fsp3) is 0.214. The lowest BCUT2D eigenvalue weighted by Crippen LogP contribution is -2.13. The lowest BCUT2D eigenvalue weighted by atomic mass is 10.2. The third-order valence-corrected chi connectivity index (χ3v) is 4.92. The summed E-state index contributed by atoms with van der Waals surface area (Å²) in [5, 5.41) is 11.0. The van der Waals surface area contributed by atoms with Gasteiger partial charge in [0.2, 0.25) is 4.96 Å². The van der Waals surface area contributed by atoms with Gasteiger partial charge in [0.1, 0.15) is 10.7 Å². The number of nitrogens with one attached hydrogen (secondary N) is 1. The summed E-state index contributed by atoms with van der Waals surface area (Å²) in [5.41, 5.74) is 2.68. The molecule has 0 spiro atoms. The number of halogens is 1. The van der Waals surface area contributed by atoms with Gasteiger partial charge in [-0.15, -0.1) is 10.2 Å². The molecule has 0 atom stereocenters. The van der Waals surface area contributed by atoms with Crippen LogP contribution in [0.4, 0.5) is 5.69 Å². The predicted octanol–water partition coefficient (Wildman–Crippen LogP) is 3.73. The first-order valence-electron chi connectivity index (χ1n) is 6.36. The van der Waals surface area contributed by atoms with E-state index in [-0.39, 0.29) is 5.91 Å². The maximum atomic E-state index is 12.5. The Morgan fingerprint density at radius 1 is 1.29 bits per heavy atom. The smallest absolute Gasteiger partial charge is 0.267 e. The monoisotopic (exact) mass is 364 g/mol. The molecule has 3 rings (SSSR count). The van der Waals surface area contributed by atoms with E-state index in [0.29, 0.717) is 4.88 Å². The molecule has 7 heteroatoms. The highest BCUT2D eigenvalue weighted by atomic mass is 79.9. The molecular formula is C14H13BrN4OS. The Hall–Kier alpha value is -1.73. The van der Waals surface area contributed by atoms with Crippen LogP contribution in [-0.2, 0) is 0 Å². The molecule has 2 aromatic heterocycles. The minimum atomic E-state index is -0.118. The van der Waals surface area contributed by atoms with Crippen molar-refractivity contribution in [1.29, 1.82) is 0 Å². The van der Waals surface area contributed by atoms with Crippen molar-refractivity contribution >= 4 is 43.8 Å². The van der Waals surface area contributed by atoms with Gasteiger partial charge in [0, 0.05) is 15.9 Å². The van der Waals surface area contributed by atoms with E-state index in [4.69, 9.17) is 0 Å². The van der Waals surface area contributed by atoms with E-state index in [2.05, 4.69) is 31.4 Å². The van der Waals surface area contributed by atoms with Crippen LogP contribution in [0.5, 0.6) is 0 Å². The summed E-state index contributed by atoms with van der Waals surface area (Å²) in [4.78, 5) is 13.9. The zero-order valence-electron chi connectivity index (χ0n) is 11.8. The van der Waals surface area contributed by atoms with Crippen LogP contribution >= 0.6 is 27.3 Å². The standard InChI is InChI=1S/C14H13BrN4OS/c1-7-6-10(15)4-5-11(7)16-13(20)12-8(2)19-9(3)17-18-14(19)21-12/h4-6H,1-3H3,(H,16,20). The van der Waals surface area contributed by atoms with Crippen LogP contribution in [0.25, 0.3) is 4.96 Å². The number of aryl methyl sites for hydroxylation is 3. The first kappa shape index (κ1) is 14.2. The summed E-state index contributed by atoms with van der Waals surface area (Å²) in [6.07, 6.45) is 0. The zero-order valence-corrected chi connectivity index (χ0v) is 14.2. The second-order valence-electron chi connectivity index (χ2n) is 4.80. The number of carbonyl (C=O) groups excluding carboxylic acids is 1. The van der Waals surface area contributed by atoms with Crippen LogP contribution in [0, 0.1) is 20.8 Å². The molecule has 1 N–H and O–H groups in total. The first-order chi connectivity index (χ1) is 9.97. The fourth-order valence-corrected chi connectivity index (χ4v) is 3.70. The zero-order chi connectivity index (χ0) is 15.1. The molecule has 5 nitrogen and oxygen atoms in total. The number of thiazole rings is 1. The molecule has 0 bridgehead atoms. The number of anilines is 1. The highest BCUT2D eigenvalue weighted by Gasteiger charge is 2.18. The molecule has 108 valence electrons. The van der Waals surface area contributed by atoms with Crippen LogP contribution in [0.15, 0.2) is 22.7 Å². The van der Waals surface area contributed by atoms with Crippen molar-refractivity contribution in [3.05, 3.63) is 44.6 Å². The van der Waals surface area contributed by atoms with Crippen LogP contribution in [0.1, 0.15) is 26.8 Å². The molecule has 0 fully saturated rings. The average Bonchev–Trinajstić information content (AvgIpc) is 2.95. The number of benzene rings is 1. The molecule has 0 aliphatic carbocycles. The number of rotatable bonds is 2. The van der Waals surface area contributed by atoms with E-state index in [1.165, 1.54) is 11.3 Å². The number of hydrogen-bond acceptors (Lipinski definition) is 4. The Labute approximate surface area is 134 Å². The van der Waals surface area contributed by atoms with Gasteiger partial charge in [0.05, 0.1) is 0 Å². The van der Waals surface area contributed by atoms with Crippen molar-refractivity contribution in [2.75, 3.05) is 5.32 Å². The number of nitrogens with zero attached hydrogens (tertiary/aromatic N) is 3. The lowest BCUT2D eigenvalue weighted by molar-refractivity contribution is 0.102. The average molecular weight is 365 g/mol. The minimum Gasteiger partial charge on any atom is -0.321 e. The van der Waals surface area contributed by atoms with E-state index in [1.54, 1.807) is 0 Å². The Bertz CT molecular complexity index is 852. The first-order valence-corrected chi connectivity index (χ1v) is 7.97. The molecule has 3 aromatic rings. The summed E-state index contributed by atoms with van der Waals surface area (Å²) < 4.78 is 2.89. The SMILES string of the molecule is Cc1cc(Br)ccc1NC(=O)c1sc2nnc(C)n2c1C. The van der Waals surface area contributed by atoms with Crippen molar-refractivity contribution in [3.8, 4) is 0 Å².